The fourth-order valence-corrected chi connectivity index (χ4v) is 3.14. The van der Waals surface area contributed by atoms with Crippen molar-refractivity contribution in [2.75, 3.05) is 6.61 Å². The second-order valence-electron chi connectivity index (χ2n) is 4.72. The van der Waals surface area contributed by atoms with Crippen LogP contribution in [0.3, 0.4) is 0 Å². The molecular formula is C11H18O2. The molecule has 0 heterocycles. The van der Waals surface area contributed by atoms with Crippen LogP contribution in [-0.2, 0) is 4.79 Å². The Morgan fingerprint density at radius 2 is 2.23 bits per heavy atom. The lowest BCUT2D eigenvalue weighted by atomic mass is 9.59. The SMILES string of the molecule is O=C1CCC2CCCCC2(CO)C1. The highest BCUT2D eigenvalue weighted by atomic mass is 16.3. The van der Waals surface area contributed by atoms with Crippen LogP contribution >= 0.6 is 0 Å². The molecular weight excluding hydrogens is 164 g/mol. The maximum atomic E-state index is 11.4. The highest BCUT2D eigenvalue weighted by Gasteiger charge is 2.44. The maximum absolute atomic E-state index is 11.4. The van der Waals surface area contributed by atoms with Crippen molar-refractivity contribution in [2.24, 2.45) is 11.3 Å². The van der Waals surface area contributed by atoms with E-state index in [4.69, 9.17) is 0 Å². The Balaban J connectivity index is 2.16. The van der Waals surface area contributed by atoms with Gasteiger partial charge in [-0.05, 0) is 25.2 Å². The Kier molecular flexibility index (Phi) is 2.41. The van der Waals surface area contributed by atoms with Crippen molar-refractivity contribution in [2.45, 2.75) is 44.9 Å². The smallest absolute Gasteiger partial charge is 0.133 e. The molecule has 0 aromatic heterocycles. The molecule has 0 aromatic rings. The normalized spacial score (nSPS) is 40.1. The topological polar surface area (TPSA) is 37.3 Å². The van der Waals surface area contributed by atoms with Crippen molar-refractivity contribution in [3.05, 3.63) is 0 Å². The van der Waals surface area contributed by atoms with E-state index in [0.717, 1.165) is 19.3 Å². The van der Waals surface area contributed by atoms with Gasteiger partial charge in [-0.3, -0.25) is 4.79 Å². The molecule has 2 aliphatic rings. The molecule has 2 aliphatic carbocycles. The van der Waals surface area contributed by atoms with Gasteiger partial charge >= 0.3 is 0 Å². The second kappa shape index (κ2) is 3.41. The number of carbonyl (C=O) groups is 1. The minimum Gasteiger partial charge on any atom is -0.396 e. The summed E-state index contributed by atoms with van der Waals surface area (Å²) in [6, 6.07) is 0. The number of hydrogen-bond acceptors (Lipinski definition) is 2. The Morgan fingerprint density at radius 3 is 3.00 bits per heavy atom. The average Bonchev–Trinajstić information content (AvgIpc) is 2.17. The van der Waals surface area contributed by atoms with E-state index in [1.165, 1.54) is 19.3 Å². The first-order chi connectivity index (χ1) is 6.27. The number of carbonyl (C=O) groups excluding carboxylic acids is 1. The maximum Gasteiger partial charge on any atom is 0.133 e. The highest BCUT2D eigenvalue weighted by Crippen LogP contribution is 2.48. The molecule has 0 spiro atoms. The summed E-state index contributed by atoms with van der Waals surface area (Å²) in [4.78, 5) is 11.4. The fraction of sp³-hybridized carbons (Fsp3) is 0.909. The predicted octanol–water partition coefficient (Wildman–Crippen LogP) is 1.91. The quantitative estimate of drug-likeness (QED) is 0.672. The molecule has 2 heteroatoms. The molecule has 2 nitrogen and oxygen atoms in total. The first-order valence-corrected chi connectivity index (χ1v) is 5.39. The molecule has 2 rings (SSSR count). The molecule has 2 unspecified atom stereocenters. The van der Waals surface area contributed by atoms with Gasteiger partial charge in [-0.15, -0.1) is 0 Å². The lowest BCUT2D eigenvalue weighted by Crippen LogP contribution is -2.42. The average molecular weight is 182 g/mol. The Hall–Kier alpha value is -0.370. The van der Waals surface area contributed by atoms with E-state index in [2.05, 4.69) is 0 Å². The molecule has 0 amide bonds. The van der Waals surface area contributed by atoms with Gasteiger partial charge in [-0.2, -0.15) is 0 Å². The Bertz CT molecular complexity index is 212. The first kappa shape index (κ1) is 9.20. The summed E-state index contributed by atoms with van der Waals surface area (Å²) in [6.07, 6.45) is 7.22. The summed E-state index contributed by atoms with van der Waals surface area (Å²) in [5, 5.41) is 9.44. The van der Waals surface area contributed by atoms with Crippen molar-refractivity contribution in [1.29, 1.82) is 0 Å². The van der Waals surface area contributed by atoms with Gasteiger partial charge in [0.2, 0.25) is 0 Å². The van der Waals surface area contributed by atoms with Gasteiger partial charge in [-0.1, -0.05) is 12.8 Å². The number of aliphatic hydroxyl groups excluding tert-OH is 1. The summed E-state index contributed by atoms with van der Waals surface area (Å²) < 4.78 is 0. The van der Waals surface area contributed by atoms with Crippen LogP contribution in [0.2, 0.25) is 0 Å². The van der Waals surface area contributed by atoms with Gasteiger partial charge in [-0.25, -0.2) is 0 Å². The minimum atomic E-state index is -0.00637. The van der Waals surface area contributed by atoms with Gasteiger partial charge in [0.05, 0.1) is 0 Å². The van der Waals surface area contributed by atoms with Gasteiger partial charge < -0.3 is 5.11 Å². The molecule has 0 aliphatic heterocycles. The Morgan fingerprint density at radius 1 is 1.38 bits per heavy atom. The zero-order chi connectivity index (χ0) is 9.31. The van der Waals surface area contributed by atoms with Gasteiger partial charge in [0.1, 0.15) is 5.78 Å². The molecule has 0 radical (unpaired) electrons. The van der Waals surface area contributed by atoms with Crippen LogP contribution in [0.1, 0.15) is 44.9 Å². The van der Waals surface area contributed by atoms with E-state index in [9.17, 15) is 9.90 Å². The largest absolute Gasteiger partial charge is 0.396 e. The van der Waals surface area contributed by atoms with E-state index in [1.807, 2.05) is 0 Å². The summed E-state index contributed by atoms with van der Waals surface area (Å²) in [7, 11) is 0. The molecule has 0 bridgehead atoms. The van der Waals surface area contributed by atoms with Crippen LogP contribution in [0.25, 0.3) is 0 Å². The van der Waals surface area contributed by atoms with Gasteiger partial charge in [0, 0.05) is 24.9 Å². The standard InChI is InChI=1S/C11H18O2/c12-8-11-6-2-1-3-9(11)4-5-10(13)7-11/h9,12H,1-8H2. The van der Waals surface area contributed by atoms with Gasteiger partial charge in [0.15, 0.2) is 0 Å². The van der Waals surface area contributed by atoms with Crippen LogP contribution in [0, 0.1) is 11.3 Å². The second-order valence-corrected chi connectivity index (χ2v) is 4.72. The molecule has 2 atom stereocenters. The Labute approximate surface area is 79.3 Å². The van der Waals surface area contributed by atoms with Crippen LogP contribution in [-0.4, -0.2) is 17.5 Å². The number of fused-ring (bicyclic) bond motifs is 1. The van der Waals surface area contributed by atoms with E-state index in [-0.39, 0.29) is 12.0 Å². The minimum absolute atomic E-state index is 0.00637. The van der Waals surface area contributed by atoms with Crippen LogP contribution in [0.4, 0.5) is 0 Å². The van der Waals surface area contributed by atoms with E-state index in [1.54, 1.807) is 0 Å². The molecule has 2 fully saturated rings. The lowest BCUT2D eigenvalue weighted by molar-refractivity contribution is -0.129. The zero-order valence-electron chi connectivity index (χ0n) is 8.09. The summed E-state index contributed by atoms with van der Waals surface area (Å²) >= 11 is 0. The monoisotopic (exact) mass is 182 g/mol. The molecule has 74 valence electrons. The van der Waals surface area contributed by atoms with E-state index < -0.39 is 0 Å². The summed E-state index contributed by atoms with van der Waals surface area (Å²) in [5.74, 6) is 0.996. The van der Waals surface area contributed by atoms with Crippen LogP contribution in [0.5, 0.6) is 0 Å². The van der Waals surface area contributed by atoms with Crippen molar-refractivity contribution in [1.82, 2.24) is 0 Å². The summed E-state index contributed by atoms with van der Waals surface area (Å²) in [6.45, 7) is 0.226. The van der Waals surface area contributed by atoms with Crippen molar-refractivity contribution >= 4 is 5.78 Å². The summed E-state index contributed by atoms with van der Waals surface area (Å²) in [5.41, 5.74) is -0.00637. The lowest BCUT2D eigenvalue weighted by Gasteiger charge is -2.45. The van der Waals surface area contributed by atoms with Crippen molar-refractivity contribution in [3.8, 4) is 0 Å². The number of hydrogen-bond donors (Lipinski definition) is 1. The van der Waals surface area contributed by atoms with E-state index in [0.29, 0.717) is 18.1 Å². The van der Waals surface area contributed by atoms with Crippen molar-refractivity contribution < 1.29 is 9.90 Å². The third-order valence-corrected chi connectivity index (χ3v) is 3.98. The molecule has 0 saturated heterocycles. The number of ketones is 1. The van der Waals surface area contributed by atoms with Crippen LogP contribution in [0.15, 0.2) is 0 Å². The third-order valence-electron chi connectivity index (χ3n) is 3.98. The number of rotatable bonds is 1. The number of Topliss-reactive ketones (excluding diaryl/α,β-unsaturated/α-hetero) is 1. The molecule has 2 saturated carbocycles. The number of aliphatic hydroxyl groups is 1. The molecule has 13 heavy (non-hydrogen) atoms. The molecule has 1 N–H and O–H groups in total. The van der Waals surface area contributed by atoms with Gasteiger partial charge in [0.25, 0.3) is 0 Å². The predicted molar refractivity (Wildman–Crippen MR) is 50.3 cm³/mol. The van der Waals surface area contributed by atoms with Crippen molar-refractivity contribution in [3.63, 3.8) is 0 Å². The fourth-order valence-electron chi connectivity index (χ4n) is 3.14. The highest BCUT2D eigenvalue weighted by molar-refractivity contribution is 5.80. The third kappa shape index (κ3) is 1.52. The molecule has 0 aromatic carbocycles. The zero-order valence-corrected chi connectivity index (χ0v) is 8.09. The van der Waals surface area contributed by atoms with Crippen LogP contribution < -0.4 is 0 Å². The first-order valence-electron chi connectivity index (χ1n) is 5.39. The van der Waals surface area contributed by atoms with E-state index >= 15 is 0 Å².